The first kappa shape index (κ1) is 21.9. The Kier molecular flexibility index (Phi) is 6.50. The van der Waals surface area contributed by atoms with E-state index in [4.69, 9.17) is 25.8 Å². The predicted octanol–water partition coefficient (Wildman–Crippen LogP) is 3.68. The van der Waals surface area contributed by atoms with Gasteiger partial charge in [-0.25, -0.2) is 13.1 Å². The lowest BCUT2D eigenvalue weighted by Gasteiger charge is -2.11. The molecule has 0 saturated carbocycles. The van der Waals surface area contributed by atoms with E-state index >= 15 is 0 Å². The third-order valence-electron chi connectivity index (χ3n) is 4.53. The summed E-state index contributed by atoms with van der Waals surface area (Å²) in [5, 5.41) is 2.80. The van der Waals surface area contributed by atoms with Gasteiger partial charge in [0.2, 0.25) is 16.8 Å². The molecular weight excluding hydrogens is 456 g/mol. The quantitative estimate of drug-likeness (QED) is 0.483. The van der Waals surface area contributed by atoms with Gasteiger partial charge >= 0.3 is 0 Å². The maximum Gasteiger partial charge on any atom is 0.257 e. The maximum atomic E-state index is 12.7. The highest BCUT2D eigenvalue weighted by Crippen LogP contribution is 2.34. The molecule has 1 heterocycles. The van der Waals surface area contributed by atoms with Crippen LogP contribution in [0.2, 0.25) is 5.02 Å². The SMILES string of the molecule is O=C(Nc1ccc2c(c1)OCO2)c1cc(S(=O)(=O)NCCOc2ccccc2)ccc1Cl. The second-order valence-electron chi connectivity index (χ2n) is 6.72. The van der Waals surface area contributed by atoms with Crippen molar-refractivity contribution < 1.29 is 27.4 Å². The van der Waals surface area contributed by atoms with E-state index in [1.807, 2.05) is 18.2 Å². The van der Waals surface area contributed by atoms with Crippen molar-refractivity contribution in [1.82, 2.24) is 4.72 Å². The highest BCUT2D eigenvalue weighted by molar-refractivity contribution is 7.89. The average Bonchev–Trinajstić information content (AvgIpc) is 3.25. The van der Waals surface area contributed by atoms with E-state index < -0.39 is 15.9 Å². The van der Waals surface area contributed by atoms with E-state index in [0.29, 0.717) is 22.9 Å². The Labute approximate surface area is 190 Å². The average molecular weight is 475 g/mol. The first-order chi connectivity index (χ1) is 15.4. The Morgan fingerprint density at radius 2 is 1.78 bits per heavy atom. The largest absolute Gasteiger partial charge is 0.492 e. The number of ether oxygens (including phenoxy) is 3. The van der Waals surface area contributed by atoms with Crippen LogP contribution in [0.3, 0.4) is 0 Å². The topological polar surface area (TPSA) is 103 Å². The van der Waals surface area contributed by atoms with Crippen LogP contribution in [0.25, 0.3) is 0 Å². The van der Waals surface area contributed by atoms with Crippen LogP contribution in [0, 0.1) is 0 Å². The molecule has 0 aromatic heterocycles. The summed E-state index contributed by atoms with van der Waals surface area (Å²) in [5.74, 6) is 1.17. The van der Waals surface area contributed by atoms with Gasteiger partial charge in [0.05, 0.1) is 15.5 Å². The Morgan fingerprint density at radius 1 is 1.00 bits per heavy atom. The molecule has 3 aromatic carbocycles. The summed E-state index contributed by atoms with van der Waals surface area (Å²) in [5.41, 5.74) is 0.479. The van der Waals surface area contributed by atoms with Crippen molar-refractivity contribution in [2.45, 2.75) is 4.90 Å². The number of nitrogens with one attached hydrogen (secondary N) is 2. The Balaban J connectivity index is 1.42. The molecular formula is C22H19ClN2O6S. The van der Waals surface area contributed by atoms with Gasteiger partial charge in [0.1, 0.15) is 12.4 Å². The van der Waals surface area contributed by atoms with Crippen molar-refractivity contribution in [3.8, 4) is 17.2 Å². The molecule has 2 N–H and O–H groups in total. The van der Waals surface area contributed by atoms with Crippen LogP contribution in [0.15, 0.2) is 71.6 Å². The third-order valence-corrected chi connectivity index (χ3v) is 6.32. The molecule has 1 amide bonds. The Morgan fingerprint density at radius 3 is 2.59 bits per heavy atom. The van der Waals surface area contributed by atoms with E-state index in [0.717, 1.165) is 0 Å². The zero-order valence-electron chi connectivity index (χ0n) is 16.7. The number of carbonyl (C=O) groups is 1. The molecule has 0 bridgehead atoms. The van der Waals surface area contributed by atoms with Crippen molar-refractivity contribution in [2.24, 2.45) is 0 Å². The van der Waals surface area contributed by atoms with Gasteiger partial charge in [-0.15, -0.1) is 0 Å². The number of benzene rings is 3. The van der Waals surface area contributed by atoms with Crippen LogP contribution < -0.4 is 24.2 Å². The fourth-order valence-electron chi connectivity index (χ4n) is 2.96. The second-order valence-corrected chi connectivity index (χ2v) is 8.90. The van der Waals surface area contributed by atoms with Crippen molar-refractivity contribution in [1.29, 1.82) is 0 Å². The molecule has 0 atom stereocenters. The van der Waals surface area contributed by atoms with Crippen molar-refractivity contribution in [3.05, 3.63) is 77.3 Å². The fraction of sp³-hybridized carbons (Fsp3) is 0.136. The zero-order valence-corrected chi connectivity index (χ0v) is 18.3. The summed E-state index contributed by atoms with van der Waals surface area (Å²) >= 11 is 6.16. The van der Waals surface area contributed by atoms with Gasteiger partial charge in [0, 0.05) is 18.3 Å². The molecule has 0 fully saturated rings. The van der Waals surface area contributed by atoms with Crippen LogP contribution >= 0.6 is 11.6 Å². The lowest BCUT2D eigenvalue weighted by molar-refractivity contribution is 0.102. The summed E-state index contributed by atoms with van der Waals surface area (Å²) in [6.45, 7) is 0.314. The normalized spacial score (nSPS) is 12.4. The smallest absolute Gasteiger partial charge is 0.257 e. The lowest BCUT2D eigenvalue weighted by Crippen LogP contribution is -2.28. The molecule has 0 aliphatic carbocycles. The molecule has 0 radical (unpaired) electrons. The van der Waals surface area contributed by atoms with E-state index in [1.165, 1.54) is 18.2 Å². The van der Waals surface area contributed by atoms with Gasteiger partial charge in [-0.2, -0.15) is 0 Å². The summed E-state index contributed by atoms with van der Waals surface area (Å²) in [4.78, 5) is 12.6. The predicted molar refractivity (Wildman–Crippen MR) is 119 cm³/mol. The van der Waals surface area contributed by atoms with E-state index in [2.05, 4.69) is 10.0 Å². The third kappa shape index (κ3) is 5.13. The molecule has 0 unspecified atom stereocenters. The molecule has 166 valence electrons. The lowest BCUT2D eigenvalue weighted by atomic mass is 10.2. The summed E-state index contributed by atoms with van der Waals surface area (Å²) in [6.07, 6.45) is 0. The maximum absolute atomic E-state index is 12.7. The summed E-state index contributed by atoms with van der Waals surface area (Å²) in [7, 11) is -3.87. The second kappa shape index (κ2) is 9.47. The first-order valence-electron chi connectivity index (χ1n) is 9.60. The van der Waals surface area contributed by atoms with Gasteiger partial charge in [0.25, 0.3) is 5.91 Å². The van der Waals surface area contributed by atoms with Crippen LogP contribution in [0.5, 0.6) is 17.2 Å². The van der Waals surface area contributed by atoms with Crippen molar-refractivity contribution in [3.63, 3.8) is 0 Å². The summed E-state index contributed by atoms with van der Waals surface area (Å²) < 4.78 is 43.8. The number of halogens is 1. The number of anilines is 1. The number of para-hydroxylation sites is 1. The van der Waals surface area contributed by atoms with Crippen LogP contribution in [0.1, 0.15) is 10.4 Å². The van der Waals surface area contributed by atoms with E-state index in [1.54, 1.807) is 30.3 Å². The van der Waals surface area contributed by atoms with Gasteiger partial charge in [-0.3, -0.25) is 4.79 Å². The molecule has 8 nitrogen and oxygen atoms in total. The molecule has 0 spiro atoms. The number of hydrogen-bond donors (Lipinski definition) is 2. The number of sulfonamides is 1. The first-order valence-corrected chi connectivity index (χ1v) is 11.5. The molecule has 0 saturated heterocycles. The molecule has 10 heteroatoms. The fourth-order valence-corrected chi connectivity index (χ4v) is 4.21. The van der Waals surface area contributed by atoms with Gasteiger partial charge < -0.3 is 19.5 Å². The van der Waals surface area contributed by atoms with Gasteiger partial charge in [-0.05, 0) is 42.5 Å². The minimum absolute atomic E-state index is 0.0211. The molecule has 1 aliphatic rings. The molecule has 4 rings (SSSR count). The van der Waals surface area contributed by atoms with E-state index in [-0.39, 0.29) is 35.4 Å². The minimum atomic E-state index is -3.87. The van der Waals surface area contributed by atoms with Crippen molar-refractivity contribution >= 4 is 33.2 Å². The van der Waals surface area contributed by atoms with Crippen LogP contribution in [-0.4, -0.2) is 34.3 Å². The number of rotatable bonds is 8. The van der Waals surface area contributed by atoms with Gasteiger partial charge in [0.15, 0.2) is 11.5 Å². The molecule has 3 aromatic rings. The number of amides is 1. The van der Waals surface area contributed by atoms with Crippen LogP contribution in [-0.2, 0) is 10.0 Å². The molecule has 32 heavy (non-hydrogen) atoms. The monoisotopic (exact) mass is 474 g/mol. The number of hydrogen-bond acceptors (Lipinski definition) is 6. The highest BCUT2D eigenvalue weighted by Gasteiger charge is 2.20. The Bertz CT molecular complexity index is 1230. The molecule has 1 aliphatic heterocycles. The van der Waals surface area contributed by atoms with Crippen molar-refractivity contribution in [2.75, 3.05) is 25.3 Å². The summed E-state index contributed by atoms with van der Waals surface area (Å²) in [6, 6.07) is 17.9. The van der Waals surface area contributed by atoms with E-state index in [9.17, 15) is 13.2 Å². The highest BCUT2D eigenvalue weighted by atomic mass is 35.5. The minimum Gasteiger partial charge on any atom is -0.492 e. The zero-order chi connectivity index (χ0) is 22.6. The Hall–Kier alpha value is -3.27. The number of carbonyl (C=O) groups excluding carboxylic acids is 1. The standard InChI is InChI=1S/C22H19ClN2O6S/c23-19-8-7-17(32(27,28)24-10-11-29-16-4-2-1-3-5-16)13-18(19)22(26)25-15-6-9-20-21(12-15)31-14-30-20/h1-9,12-13,24H,10-11,14H2,(H,25,26). The number of fused-ring (bicyclic) bond motifs is 1. The van der Waals surface area contributed by atoms with Gasteiger partial charge in [-0.1, -0.05) is 29.8 Å². The van der Waals surface area contributed by atoms with Crippen LogP contribution in [0.4, 0.5) is 5.69 Å².